The third-order valence-electron chi connectivity index (χ3n) is 4.22. The Morgan fingerprint density at radius 1 is 1.23 bits per heavy atom. The van der Waals surface area contributed by atoms with Crippen LogP contribution in [0.15, 0.2) is 4.99 Å². The van der Waals surface area contributed by atoms with Crippen LogP contribution in [0.1, 0.15) is 36.7 Å². The molecular weight excluding hydrogens is 445 g/mol. The van der Waals surface area contributed by atoms with Crippen LogP contribution < -0.4 is 10.6 Å². The summed E-state index contributed by atoms with van der Waals surface area (Å²) in [4.78, 5) is 4.30. The Morgan fingerprint density at radius 3 is 2.54 bits per heavy atom. The van der Waals surface area contributed by atoms with Gasteiger partial charge in [0.25, 0.3) is 0 Å². The molecule has 0 aliphatic rings. The van der Waals surface area contributed by atoms with Crippen LogP contribution in [-0.2, 0) is 22.9 Å². The van der Waals surface area contributed by atoms with Crippen LogP contribution in [0.2, 0.25) is 0 Å². The zero-order valence-corrected chi connectivity index (χ0v) is 19.4. The van der Waals surface area contributed by atoms with E-state index in [0.717, 1.165) is 44.1 Å². The van der Waals surface area contributed by atoms with E-state index in [2.05, 4.69) is 41.5 Å². The van der Waals surface area contributed by atoms with Crippen LogP contribution in [-0.4, -0.2) is 62.3 Å². The molecule has 0 aromatic carbocycles. The summed E-state index contributed by atoms with van der Waals surface area (Å²) in [5, 5.41) is 11.3. The number of methoxy groups -OCH3 is 1. The second-order valence-corrected chi connectivity index (χ2v) is 6.33. The minimum absolute atomic E-state index is 0. The molecule has 1 rings (SSSR count). The molecule has 0 aliphatic carbocycles. The van der Waals surface area contributed by atoms with Crippen molar-refractivity contribution in [2.75, 3.05) is 40.5 Å². The highest BCUT2D eigenvalue weighted by Crippen LogP contribution is 2.14. The predicted octanol–water partition coefficient (Wildman–Crippen LogP) is 2.19. The van der Waals surface area contributed by atoms with Crippen molar-refractivity contribution in [3.8, 4) is 0 Å². The van der Waals surface area contributed by atoms with E-state index in [-0.39, 0.29) is 30.0 Å². The maximum Gasteiger partial charge on any atom is 0.191 e. The summed E-state index contributed by atoms with van der Waals surface area (Å²) in [6.45, 7) is 9.32. The van der Waals surface area contributed by atoms with E-state index in [9.17, 15) is 0 Å². The van der Waals surface area contributed by atoms with Gasteiger partial charge in [-0.25, -0.2) is 0 Å². The van der Waals surface area contributed by atoms with Gasteiger partial charge in [0, 0.05) is 46.1 Å². The molecule has 0 fully saturated rings. The van der Waals surface area contributed by atoms with Crippen LogP contribution in [0.4, 0.5) is 0 Å². The maximum absolute atomic E-state index is 5.46. The lowest BCUT2D eigenvalue weighted by Gasteiger charge is -2.18. The number of guanidine groups is 1. The van der Waals surface area contributed by atoms with Gasteiger partial charge in [-0.05, 0) is 45.6 Å². The van der Waals surface area contributed by atoms with Gasteiger partial charge in [-0.15, -0.1) is 24.0 Å². The monoisotopic (exact) mass is 481 g/mol. The van der Waals surface area contributed by atoms with Crippen LogP contribution >= 0.6 is 24.0 Å². The van der Waals surface area contributed by atoms with E-state index in [0.29, 0.717) is 13.2 Å². The molecule has 0 radical (unpaired) electrons. The minimum atomic E-state index is 0. The second kappa shape index (κ2) is 14.2. The van der Waals surface area contributed by atoms with Gasteiger partial charge >= 0.3 is 0 Å². The standard InChI is InChI=1S/C18H35N5O2.HI/c1-14(13-17-15(2)22-23(5)16(17)3)21-18(19-4)20-9-7-8-10-25-12-11-24-6;/h14H,7-13H2,1-6H3,(H2,19,20,21);1H. The number of aliphatic imine (C=N–C) groups is 1. The van der Waals surface area contributed by atoms with Gasteiger partial charge in [-0.3, -0.25) is 9.67 Å². The summed E-state index contributed by atoms with van der Waals surface area (Å²) in [7, 11) is 5.48. The van der Waals surface area contributed by atoms with Gasteiger partial charge in [0.15, 0.2) is 5.96 Å². The van der Waals surface area contributed by atoms with E-state index in [1.807, 2.05) is 11.7 Å². The number of hydrogen-bond donors (Lipinski definition) is 2. The largest absolute Gasteiger partial charge is 0.382 e. The van der Waals surface area contributed by atoms with E-state index < -0.39 is 0 Å². The van der Waals surface area contributed by atoms with Gasteiger partial charge in [-0.2, -0.15) is 5.10 Å². The highest BCUT2D eigenvalue weighted by atomic mass is 127. The molecule has 0 bridgehead atoms. The Labute approximate surface area is 175 Å². The number of aromatic nitrogens is 2. The molecule has 0 saturated carbocycles. The third-order valence-corrected chi connectivity index (χ3v) is 4.22. The van der Waals surface area contributed by atoms with Crippen molar-refractivity contribution in [3.63, 3.8) is 0 Å². The highest BCUT2D eigenvalue weighted by molar-refractivity contribution is 14.0. The summed E-state index contributed by atoms with van der Waals surface area (Å²) < 4.78 is 12.3. The van der Waals surface area contributed by atoms with Gasteiger partial charge < -0.3 is 20.1 Å². The molecule has 1 heterocycles. The van der Waals surface area contributed by atoms with Gasteiger partial charge in [0.2, 0.25) is 0 Å². The number of aryl methyl sites for hydroxylation is 2. The zero-order valence-electron chi connectivity index (χ0n) is 17.1. The van der Waals surface area contributed by atoms with Gasteiger partial charge in [0.1, 0.15) is 0 Å². The third kappa shape index (κ3) is 9.18. The van der Waals surface area contributed by atoms with Crippen molar-refractivity contribution in [3.05, 3.63) is 17.0 Å². The Hall–Kier alpha value is -0.870. The van der Waals surface area contributed by atoms with Crippen LogP contribution in [0, 0.1) is 13.8 Å². The molecule has 0 spiro atoms. The average molecular weight is 481 g/mol. The fourth-order valence-electron chi connectivity index (χ4n) is 2.68. The van der Waals surface area contributed by atoms with E-state index in [1.54, 1.807) is 14.2 Å². The topological polar surface area (TPSA) is 72.7 Å². The lowest BCUT2D eigenvalue weighted by atomic mass is 10.1. The van der Waals surface area contributed by atoms with Crippen molar-refractivity contribution in [2.45, 2.75) is 46.1 Å². The average Bonchev–Trinajstić information content (AvgIpc) is 2.82. The summed E-state index contributed by atoms with van der Waals surface area (Å²) in [5.41, 5.74) is 3.64. The SMILES string of the molecule is CN=C(NCCCCOCCOC)NC(C)Cc1c(C)nn(C)c1C.I. The second-order valence-electron chi connectivity index (χ2n) is 6.33. The molecule has 26 heavy (non-hydrogen) atoms. The molecule has 1 aromatic rings. The summed E-state index contributed by atoms with van der Waals surface area (Å²) >= 11 is 0. The molecule has 0 amide bonds. The number of ether oxygens (including phenoxy) is 2. The Bertz CT molecular complexity index is 534. The number of nitrogens with one attached hydrogen (secondary N) is 2. The molecule has 1 atom stereocenters. The van der Waals surface area contributed by atoms with Crippen molar-refractivity contribution in [1.29, 1.82) is 0 Å². The van der Waals surface area contributed by atoms with Crippen molar-refractivity contribution >= 4 is 29.9 Å². The summed E-state index contributed by atoms with van der Waals surface area (Å²) in [5.74, 6) is 0.840. The first-order valence-electron chi connectivity index (χ1n) is 9.02. The van der Waals surface area contributed by atoms with Gasteiger partial charge in [-0.1, -0.05) is 0 Å². The Balaban J connectivity index is 0.00000625. The first-order valence-corrected chi connectivity index (χ1v) is 9.02. The molecule has 7 nitrogen and oxygen atoms in total. The lowest BCUT2D eigenvalue weighted by molar-refractivity contribution is 0.0689. The number of hydrogen-bond acceptors (Lipinski definition) is 4. The Morgan fingerprint density at radius 2 is 1.96 bits per heavy atom. The van der Waals surface area contributed by atoms with Crippen molar-refractivity contribution < 1.29 is 9.47 Å². The lowest BCUT2D eigenvalue weighted by Crippen LogP contribution is -2.43. The van der Waals surface area contributed by atoms with Gasteiger partial charge in [0.05, 0.1) is 18.9 Å². The fraction of sp³-hybridized carbons (Fsp3) is 0.778. The van der Waals surface area contributed by atoms with Crippen LogP contribution in [0.3, 0.4) is 0 Å². The summed E-state index contributed by atoms with van der Waals surface area (Å²) in [6.07, 6.45) is 3.00. The smallest absolute Gasteiger partial charge is 0.191 e. The fourth-order valence-corrected chi connectivity index (χ4v) is 2.68. The first-order chi connectivity index (χ1) is 12.0. The molecule has 1 unspecified atom stereocenters. The predicted molar refractivity (Wildman–Crippen MR) is 118 cm³/mol. The molecule has 1 aromatic heterocycles. The molecule has 0 aliphatic heterocycles. The molecule has 2 N–H and O–H groups in total. The molecule has 152 valence electrons. The normalized spacial score (nSPS) is 12.6. The number of rotatable bonds is 11. The van der Waals surface area contributed by atoms with Crippen LogP contribution in [0.5, 0.6) is 0 Å². The molecule has 8 heteroatoms. The van der Waals surface area contributed by atoms with E-state index >= 15 is 0 Å². The first kappa shape index (κ1) is 25.1. The number of halogens is 1. The maximum atomic E-state index is 5.46. The van der Waals surface area contributed by atoms with E-state index in [4.69, 9.17) is 9.47 Å². The molecule has 0 saturated heterocycles. The minimum Gasteiger partial charge on any atom is -0.382 e. The molecular formula is C18H36IN5O2. The van der Waals surface area contributed by atoms with Crippen molar-refractivity contribution in [2.24, 2.45) is 12.0 Å². The van der Waals surface area contributed by atoms with Crippen molar-refractivity contribution in [1.82, 2.24) is 20.4 Å². The van der Waals surface area contributed by atoms with Crippen LogP contribution in [0.25, 0.3) is 0 Å². The quantitative estimate of drug-likeness (QED) is 0.220. The Kier molecular flexibility index (Phi) is 13.7. The highest BCUT2D eigenvalue weighted by Gasteiger charge is 2.13. The van der Waals surface area contributed by atoms with E-state index in [1.165, 1.54) is 11.3 Å². The number of nitrogens with zero attached hydrogens (tertiary/aromatic N) is 3. The number of unbranched alkanes of at least 4 members (excludes halogenated alkanes) is 1. The summed E-state index contributed by atoms with van der Waals surface area (Å²) in [6, 6.07) is 0.283. The zero-order chi connectivity index (χ0) is 18.7.